The minimum Gasteiger partial charge on any atom is -0.346 e. The molecule has 3 rings (SSSR count). The quantitative estimate of drug-likeness (QED) is 0.757. The highest BCUT2D eigenvalue weighted by Crippen LogP contribution is 2.15. The molecule has 0 aliphatic carbocycles. The van der Waals surface area contributed by atoms with Crippen LogP contribution in [0.5, 0.6) is 0 Å². The number of aromatic nitrogens is 2. The Hall–Kier alpha value is -2.14. The van der Waals surface area contributed by atoms with Gasteiger partial charge in [-0.3, -0.25) is 9.89 Å². The fraction of sp³-hybridized carbons (Fsp3) is 0.0769. The average molecular weight is 257 g/mol. The third-order valence-electron chi connectivity index (χ3n) is 2.69. The SMILES string of the molecule is O=C(NCc1cccs1)c1n[nH]c2ccccc12. The summed E-state index contributed by atoms with van der Waals surface area (Å²) in [6.45, 7) is 0.539. The largest absolute Gasteiger partial charge is 0.346 e. The predicted octanol–water partition coefficient (Wildman–Crippen LogP) is 2.55. The molecule has 0 bridgehead atoms. The van der Waals surface area contributed by atoms with E-state index in [-0.39, 0.29) is 5.91 Å². The van der Waals surface area contributed by atoms with Gasteiger partial charge in [0.15, 0.2) is 5.69 Å². The zero-order valence-electron chi connectivity index (χ0n) is 9.51. The molecule has 0 unspecified atom stereocenters. The summed E-state index contributed by atoms with van der Waals surface area (Å²) in [7, 11) is 0. The monoisotopic (exact) mass is 257 g/mol. The molecule has 2 heterocycles. The molecule has 0 aliphatic rings. The van der Waals surface area contributed by atoms with Crippen LogP contribution < -0.4 is 5.32 Å². The van der Waals surface area contributed by atoms with Gasteiger partial charge in [0, 0.05) is 10.3 Å². The van der Waals surface area contributed by atoms with Gasteiger partial charge >= 0.3 is 0 Å². The molecule has 1 amide bonds. The maximum atomic E-state index is 12.0. The second-order valence-corrected chi connectivity index (χ2v) is 4.91. The van der Waals surface area contributed by atoms with Crippen molar-refractivity contribution in [1.29, 1.82) is 0 Å². The molecular weight excluding hydrogens is 246 g/mol. The van der Waals surface area contributed by atoms with Crippen LogP contribution >= 0.6 is 11.3 Å². The normalized spacial score (nSPS) is 10.7. The van der Waals surface area contributed by atoms with Crippen molar-refractivity contribution in [2.24, 2.45) is 0 Å². The van der Waals surface area contributed by atoms with Gasteiger partial charge in [-0.25, -0.2) is 0 Å². The summed E-state index contributed by atoms with van der Waals surface area (Å²) in [6, 6.07) is 11.6. The van der Waals surface area contributed by atoms with Crippen LogP contribution in [0.1, 0.15) is 15.4 Å². The second-order valence-electron chi connectivity index (χ2n) is 3.88. The Balaban J connectivity index is 1.80. The van der Waals surface area contributed by atoms with Gasteiger partial charge in [-0.15, -0.1) is 11.3 Å². The Morgan fingerprint density at radius 1 is 1.28 bits per heavy atom. The van der Waals surface area contributed by atoms with Gasteiger partial charge in [0.1, 0.15) is 0 Å². The van der Waals surface area contributed by atoms with Crippen LogP contribution in [0.3, 0.4) is 0 Å². The molecule has 2 aromatic heterocycles. The van der Waals surface area contributed by atoms with E-state index in [1.54, 1.807) is 11.3 Å². The van der Waals surface area contributed by atoms with E-state index in [1.807, 2.05) is 41.8 Å². The molecule has 0 aliphatic heterocycles. The average Bonchev–Trinajstić information content (AvgIpc) is 3.05. The number of nitrogens with zero attached hydrogens (tertiary/aromatic N) is 1. The van der Waals surface area contributed by atoms with Crippen LogP contribution in [0.4, 0.5) is 0 Å². The first kappa shape index (κ1) is 11.0. The first-order valence-electron chi connectivity index (χ1n) is 5.58. The molecule has 3 aromatic rings. The highest BCUT2D eigenvalue weighted by molar-refractivity contribution is 7.09. The number of rotatable bonds is 3. The lowest BCUT2D eigenvalue weighted by molar-refractivity contribution is 0.0948. The lowest BCUT2D eigenvalue weighted by atomic mass is 10.2. The lowest BCUT2D eigenvalue weighted by Gasteiger charge is -2.00. The zero-order valence-corrected chi connectivity index (χ0v) is 10.3. The molecule has 0 fully saturated rings. The first-order valence-corrected chi connectivity index (χ1v) is 6.46. The predicted molar refractivity (Wildman–Crippen MR) is 71.6 cm³/mol. The number of amides is 1. The smallest absolute Gasteiger partial charge is 0.272 e. The number of H-pyrrole nitrogens is 1. The van der Waals surface area contributed by atoms with Gasteiger partial charge in [0.25, 0.3) is 5.91 Å². The number of hydrogen-bond donors (Lipinski definition) is 2. The number of hydrogen-bond acceptors (Lipinski definition) is 3. The summed E-state index contributed by atoms with van der Waals surface area (Å²) < 4.78 is 0. The number of para-hydroxylation sites is 1. The fourth-order valence-corrected chi connectivity index (χ4v) is 2.45. The summed E-state index contributed by atoms with van der Waals surface area (Å²) >= 11 is 1.62. The van der Waals surface area contributed by atoms with Gasteiger partial charge < -0.3 is 5.32 Å². The van der Waals surface area contributed by atoms with Crippen molar-refractivity contribution in [3.05, 3.63) is 52.3 Å². The Bertz CT molecular complexity index is 672. The van der Waals surface area contributed by atoms with Crippen molar-refractivity contribution in [1.82, 2.24) is 15.5 Å². The van der Waals surface area contributed by atoms with Gasteiger partial charge in [-0.05, 0) is 17.5 Å². The molecule has 90 valence electrons. The van der Waals surface area contributed by atoms with E-state index in [2.05, 4.69) is 15.5 Å². The molecule has 5 heteroatoms. The molecule has 0 saturated carbocycles. The van der Waals surface area contributed by atoms with Gasteiger partial charge in [-0.2, -0.15) is 5.10 Å². The maximum absolute atomic E-state index is 12.0. The number of aromatic amines is 1. The molecule has 18 heavy (non-hydrogen) atoms. The number of fused-ring (bicyclic) bond motifs is 1. The Morgan fingerprint density at radius 2 is 2.17 bits per heavy atom. The van der Waals surface area contributed by atoms with Crippen molar-refractivity contribution in [2.75, 3.05) is 0 Å². The summed E-state index contributed by atoms with van der Waals surface area (Å²) in [6.07, 6.45) is 0. The third kappa shape index (κ3) is 2.00. The van der Waals surface area contributed by atoms with Crippen LogP contribution in [0.25, 0.3) is 10.9 Å². The Labute approximate surface area is 108 Å². The summed E-state index contributed by atoms with van der Waals surface area (Å²) in [5.41, 5.74) is 1.32. The second kappa shape index (κ2) is 4.62. The molecule has 4 nitrogen and oxygen atoms in total. The van der Waals surface area contributed by atoms with Crippen LogP contribution in [0, 0.1) is 0 Å². The van der Waals surface area contributed by atoms with E-state index in [4.69, 9.17) is 0 Å². The van der Waals surface area contributed by atoms with Crippen molar-refractivity contribution in [3.8, 4) is 0 Å². The molecule has 0 spiro atoms. The van der Waals surface area contributed by atoms with E-state index < -0.39 is 0 Å². The van der Waals surface area contributed by atoms with Gasteiger partial charge in [-0.1, -0.05) is 24.3 Å². The molecule has 1 aromatic carbocycles. The highest BCUT2D eigenvalue weighted by Gasteiger charge is 2.13. The molecule has 0 atom stereocenters. The number of benzene rings is 1. The standard InChI is InChI=1S/C13H11N3OS/c17-13(14-8-9-4-3-7-18-9)12-10-5-1-2-6-11(10)15-16-12/h1-7H,8H2,(H,14,17)(H,15,16). The van der Waals surface area contributed by atoms with E-state index in [9.17, 15) is 4.79 Å². The highest BCUT2D eigenvalue weighted by atomic mass is 32.1. The maximum Gasteiger partial charge on any atom is 0.272 e. The molecular formula is C13H11N3OS. The van der Waals surface area contributed by atoms with Crippen LogP contribution in [-0.2, 0) is 6.54 Å². The first-order chi connectivity index (χ1) is 8.84. The fourth-order valence-electron chi connectivity index (χ4n) is 1.80. The van der Waals surface area contributed by atoms with Gasteiger partial charge in [0.2, 0.25) is 0 Å². The van der Waals surface area contributed by atoms with E-state index in [0.717, 1.165) is 15.8 Å². The van der Waals surface area contributed by atoms with Gasteiger partial charge in [0.05, 0.1) is 12.1 Å². The van der Waals surface area contributed by atoms with Crippen molar-refractivity contribution < 1.29 is 4.79 Å². The molecule has 0 radical (unpaired) electrons. The number of nitrogens with one attached hydrogen (secondary N) is 2. The van der Waals surface area contributed by atoms with E-state index >= 15 is 0 Å². The van der Waals surface area contributed by atoms with Crippen molar-refractivity contribution >= 4 is 28.1 Å². The molecule has 0 saturated heterocycles. The number of carbonyl (C=O) groups is 1. The minimum atomic E-state index is -0.152. The molecule has 2 N–H and O–H groups in total. The van der Waals surface area contributed by atoms with E-state index in [0.29, 0.717) is 12.2 Å². The Kier molecular flexibility index (Phi) is 2.82. The van der Waals surface area contributed by atoms with Crippen molar-refractivity contribution in [3.63, 3.8) is 0 Å². The lowest BCUT2D eigenvalue weighted by Crippen LogP contribution is -2.22. The minimum absolute atomic E-state index is 0.152. The van der Waals surface area contributed by atoms with Crippen LogP contribution in [0.15, 0.2) is 41.8 Å². The van der Waals surface area contributed by atoms with Crippen molar-refractivity contribution in [2.45, 2.75) is 6.54 Å². The third-order valence-corrected chi connectivity index (χ3v) is 3.57. The zero-order chi connectivity index (χ0) is 12.4. The topological polar surface area (TPSA) is 57.8 Å². The van der Waals surface area contributed by atoms with Crippen LogP contribution in [0.2, 0.25) is 0 Å². The summed E-state index contributed by atoms with van der Waals surface area (Å²) in [4.78, 5) is 13.2. The van der Waals surface area contributed by atoms with Crippen LogP contribution in [-0.4, -0.2) is 16.1 Å². The Morgan fingerprint density at radius 3 is 3.00 bits per heavy atom. The van der Waals surface area contributed by atoms with E-state index in [1.165, 1.54) is 0 Å². The summed E-state index contributed by atoms with van der Waals surface area (Å²) in [5, 5.41) is 12.6. The number of thiophene rings is 1. The summed E-state index contributed by atoms with van der Waals surface area (Å²) in [5.74, 6) is -0.152. The number of carbonyl (C=O) groups excluding carboxylic acids is 1.